The molecule has 3 amide bonds. The van der Waals surface area contributed by atoms with Gasteiger partial charge in [0.1, 0.15) is 0 Å². The first-order chi connectivity index (χ1) is 12.1. The number of anilines is 1. The summed E-state index contributed by atoms with van der Waals surface area (Å²) in [5, 5.41) is 5.54. The minimum atomic E-state index is -0.221. The molecule has 0 aromatic heterocycles. The SMILES string of the molecule is CC1NNC(C)C1C1CCCN1C(=O)NCC(=O)Nc1ccccc1. The summed E-state index contributed by atoms with van der Waals surface area (Å²) >= 11 is 0. The summed E-state index contributed by atoms with van der Waals surface area (Å²) in [4.78, 5) is 26.5. The van der Waals surface area contributed by atoms with E-state index in [4.69, 9.17) is 0 Å². The van der Waals surface area contributed by atoms with E-state index in [0.29, 0.717) is 18.0 Å². The van der Waals surface area contributed by atoms with Crippen molar-refractivity contribution in [2.45, 2.75) is 44.8 Å². The van der Waals surface area contributed by atoms with Gasteiger partial charge in [-0.05, 0) is 38.8 Å². The largest absolute Gasteiger partial charge is 0.329 e. The average Bonchev–Trinajstić information content (AvgIpc) is 3.20. The number of carbonyl (C=O) groups is 2. The molecule has 4 N–H and O–H groups in total. The summed E-state index contributed by atoms with van der Waals surface area (Å²) in [5.41, 5.74) is 7.25. The molecule has 136 valence electrons. The first-order valence-electron chi connectivity index (χ1n) is 8.96. The maximum atomic E-state index is 12.6. The van der Waals surface area contributed by atoms with Crippen molar-refractivity contribution in [2.75, 3.05) is 18.4 Å². The molecule has 7 nitrogen and oxygen atoms in total. The zero-order valence-corrected chi connectivity index (χ0v) is 14.8. The molecule has 7 heteroatoms. The van der Waals surface area contributed by atoms with Crippen LogP contribution < -0.4 is 21.5 Å². The number of benzene rings is 1. The van der Waals surface area contributed by atoms with Gasteiger partial charge in [-0.25, -0.2) is 4.79 Å². The summed E-state index contributed by atoms with van der Waals surface area (Å²) in [6.45, 7) is 5.00. The zero-order chi connectivity index (χ0) is 17.8. The Balaban J connectivity index is 1.52. The van der Waals surface area contributed by atoms with Gasteiger partial charge >= 0.3 is 6.03 Å². The standard InChI is InChI=1S/C18H27N5O2/c1-12-17(13(2)22-21-12)15-9-6-10-23(15)18(25)19-11-16(24)20-14-7-4-3-5-8-14/h3-5,7-8,12-13,15,17,21-22H,6,9-11H2,1-2H3,(H,19,25)(H,20,24). The van der Waals surface area contributed by atoms with Gasteiger partial charge in [0.2, 0.25) is 5.91 Å². The van der Waals surface area contributed by atoms with Gasteiger partial charge in [-0.3, -0.25) is 15.6 Å². The molecular formula is C18H27N5O2. The van der Waals surface area contributed by atoms with Crippen LogP contribution in [0.4, 0.5) is 10.5 Å². The normalized spacial score (nSPS) is 28.8. The fraction of sp³-hybridized carbons (Fsp3) is 0.556. The summed E-state index contributed by atoms with van der Waals surface area (Å²) in [7, 11) is 0. The highest BCUT2D eigenvalue weighted by molar-refractivity contribution is 5.94. The Morgan fingerprint density at radius 2 is 1.84 bits per heavy atom. The molecule has 25 heavy (non-hydrogen) atoms. The van der Waals surface area contributed by atoms with Crippen LogP contribution in [0.15, 0.2) is 30.3 Å². The van der Waals surface area contributed by atoms with E-state index in [0.717, 1.165) is 25.1 Å². The van der Waals surface area contributed by atoms with Crippen LogP contribution in [0.2, 0.25) is 0 Å². The van der Waals surface area contributed by atoms with Crippen LogP contribution in [0.5, 0.6) is 0 Å². The van der Waals surface area contributed by atoms with Gasteiger partial charge in [0, 0.05) is 36.3 Å². The van der Waals surface area contributed by atoms with E-state index in [1.54, 1.807) is 0 Å². The van der Waals surface area contributed by atoms with E-state index < -0.39 is 0 Å². The summed E-state index contributed by atoms with van der Waals surface area (Å²) < 4.78 is 0. The molecule has 1 aromatic rings. The average molecular weight is 345 g/mol. The molecule has 2 aliphatic heterocycles. The van der Waals surface area contributed by atoms with Gasteiger partial charge in [0.25, 0.3) is 0 Å². The predicted octanol–water partition coefficient (Wildman–Crippen LogP) is 1.30. The van der Waals surface area contributed by atoms with Crippen molar-refractivity contribution >= 4 is 17.6 Å². The van der Waals surface area contributed by atoms with Crippen molar-refractivity contribution in [3.05, 3.63) is 30.3 Å². The Kier molecular flexibility index (Phi) is 5.55. The maximum Gasteiger partial charge on any atom is 0.318 e. The van der Waals surface area contributed by atoms with Crippen molar-refractivity contribution in [3.8, 4) is 0 Å². The van der Waals surface area contributed by atoms with E-state index in [9.17, 15) is 9.59 Å². The van der Waals surface area contributed by atoms with Gasteiger partial charge in [-0.2, -0.15) is 0 Å². The molecule has 2 fully saturated rings. The fourth-order valence-corrected chi connectivity index (χ4v) is 3.98. The zero-order valence-electron chi connectivity index (χ0n) is 14.8. The van der Waals surface area contributed by atoms with E-state index in [-0.39, 0.29) is 24.5 Å². The van der Waals surface area contributed by atoms with Crippen molar-refractivity contribution in [2.24, 2.45) is 5.92 Å². The molecule has 2 saturated heterocycles. The molecule has 0 saturated carbocycles. The van der Waals surface area contributed by atoms with Gasteiger partial charge in [-0.1, -0.05) is 18.2 Å². The molecule has 2 heterocycles. The molecule has 3 atom stereocenters. The van der Waals surface area contributed by atoms with Crippen LogP contribution in [-0.4, -0.2) is 48.1 Å². The summed E-state index contributed by atoms with van der Waals surface area (Å²) in [5.74, 6) is 0.146. The van der Waals surface area contributed by atoms with E-state index >= 15 is 0 Å². The van der Waals surface area contributed by atoms with E-state index in [2.05, 4.69) is 35.3 Å². The topological polar surface area (TPSA) is 85.5 Å². The van der Waals surface area contributed by atoms with Gasteiger partial charge in [0.05, 0.1) is 6.54 Å². The lowest BCUT2D eigenvalue weighted by molar-refractivity contribution is -0.115. The first-order valence-corrected chi connectivity index (χ1v) is 8.96. The summed E-state index contributed by atoms with van der Waals surface area (Å²) in [6.07, 6.45) is 2.01. The smallest absolute Gasteiger partial charge is 0.318 e. The molecule has 0 spiro atoms. The number of carbonyl (C=O) groups excluding carboxylic acids is 2. The quantitative estimate of drug-likeness (QED) is 0.663. The number of hydrogen-bond donors (Lipinski definition) is 4. The predicted molar refractivity (Wildman–Crippen MR) is 96.9 cm³/mol. The number of rotatable bonds is 4. The van der Waals surface area contributed by atoms with Crippen molar-refractivity contribution in [3.63, 3.8) is 0 Å². The maximum absolute atomic E-state index is 12.6. The number of likely N-dealkylation sites (tertiary alicyclic amines) is 1. The minimum absolute atomic E-state index is 0.0246. The Morgan fingerprint density at radius 3 is 2.52 bits per heavy atom. The molecular weight excluding hydrogens is 318 g/mol. The highest BCUT2D eigenvalue weighted by Crippen LogP contribution is 2.30. The molecule has 2 aliphatic rings. The van der Waals surface area contributed by atoms with E-state index in [1.807, 2.05) is 35.2 Å². The Hall–Kier alpha value is -2.12. The number of hydrazine groups is 1. The molecule has 0 bridgehead atoms. The lowest BCUT2D eigenvalue weighted by Crippen LogP contribution is -2.50. The molecule has 0 aliphatic carbocycles. The number of hydrogen-bond acceptors (Lipinski definition) is 4. The van der Waals surface area contributed by atoms with Crippen molar-refractivity contribution < 1.29 is 9.59 Å². The first kappa shape index (κ1) is 17.7. The Bertz CT molecular complexity index is 599. The minimum Gasteiger partial charge on any atom is -0.329 e. The number of urea groups is 1. The van der Waals surface area contributed by atoms with Crippen LogP contribution in [0.3, 0.4) is 0 Å². The van der Waals surface area contributed by atoms with Gasteiger partial charge < -0.3 is 15.5 Å². The highest BCUT2D eigenvalue weighted by Gasteiger charge is 2.42. The number of para-hydroxylation sites is 1. The number of amides is 3. The van der Waals surface area contributed by atoms with Crippen LogP contribution in [-0.2, 0) is 4.79 Å². The second kappa shape index (κ2) is 7.84. The molecule has 0 radical (unpaired) electrons. The van der Waals surface area contributed by atoms with E-state index in [1.165, 1.54) is 0 Å². The van der Waals surface area contributed by atoms with Crippen LogP contribution >= 0.6 is 0 Å². The Labute approximate surface area is 148 Å². The third kappa shape index (κ3) is 4.11. The van der Waals surface area contributed by atoms with Crippen molar-refractivity contribution in [1.29, 1.82) is 0 Å². The van der Waals surface area contributed by atoms with Gasteiger partial charge in [0.15, 0.2) is 0 Å². The Morgan fingerprint density at radius 1 is 1.16 bits per heavy atom. The lowest BCUT2D eigenvalue weighted by Gasteiger charge is -2.33. The van der Waals surface area contributed by atoms with Crippen molar-refractivity contribution in [1.82, 2.24) is 21.1 Å². The van der Waals surface area contributed by atoms with Gasteiger partial charge in [-0.15, -0.1) is 0 Å². The highest BCUT2D eigenvalue weighted by atomic mass is 16.2. The number of nitrogens with one attached hydrogen (secondary N) is 4. The fourth-order valence-electron chi connectivity index (χ4n) is 3.98. The van der Waals surface area contributed by atoms with Crippen LogP contribution in [0, 0.1) is 5.92 Å². The van der Waals surface area contributed by atoms with Crippen LogP contribution in [0.1, 0.15) is 26.7 Å². The summed E-state index contributed by atoms with van der Waals surface area (Å²) in [6, 6.07) is 9.91. The third-order valence-corrected chi connectivity index (χ3v) is 5.16. The second-order valence-electron chi connectivity index (χ2n) is 6.92. The lowest BCUT2D eigenvalue weighted by atomic mass is 9.87. The molecule has 1 aromatic carbocycles. The van der Waals surface area contributed by atoms with Crippen LogP contribution in [0.25, 0.3) is 0 Å². The second-order valence-corrected chi connectivity index (χ2v) is 6.92. The third-order valence-electron chi connectivity index (χ3n) is 5.16. The number of nitrogens with zero attached hydrogens (tertiary/aromatic N) is 1. The molecule has 3 unspecified atom stereocenters. The molecule has 3 rings (SSSR count). The monoisotopic (exact) mass is 345 g/mol.